The molecule has 2 rings (SSSR count). The molecule has 162 valence electrons. The second-order valence-electron chi connectivity index (χ2n) is 6.38. The molecule has 1 N–H and O–H groups in total. The zero-order valence-electron chi connectivity index (χ0n) is 16.4. The van der Waals surface area contributed by atoms with Crippen LogP contribution >= 0.6 is 0 Å². The lowest BCUT2D eigenvalue weighted by molar-refractivity contribution is -0.341. The van der Waals surface area contributed by atoms with Gasteiger partial charge < -0.3 is 14.8 Å². The van der Waals surface area contributed by atoms with E-state index in [1.54, 1.807) is 31.3 Å². The van der Waals surface area contributed by atoms with Crippen LogP contribution in [-0.2, 0) is 9.47 Å². The average Bonchev–Trinajstić information content (AvgIpc) is 2.75. The highest BCUT2D eigenvalue weighted by molar-refractivity contribution is 6.09. The first-order chi connectivity index (χ1) is 14.1. The van der Waals surface area contributed by atoms with E-state index in [1.165, 1.54) is 31.2 Å². The molecule has 0 radical (unpaired) electrons. The van der Waals surface area contributed by atoms with Crippen LogP contribution in [0.25, 0.3) is 0 Å². The van der Waals surface area contributed by atoms with Crippen molar-refractivity contribution in [3.63, 3.8) is 0 Å². The first-order valence-electron chi connectivity index (χ1n) is 9.10. The van der Waals surface area contributed by atoms with Gasteiger partial charge in [0.15, 0.2) is 12.4 Å². The molecule has 0 amide bonds. The number of nitrogens with one attached hydrogen (secondary N) is 1. The van der Waals surface area contributed by atoms with E-state index in [-0.39, 0.29) is 23.3 Å². The molecule has 2 aromatic carbocycles. The van der Waals surface area contributed by atoms with Gasteiger partial charge in [0.25, 0.3) is 0 Å². The molecule has 0 aromatic heterocycles. The van der Waals surface area contributed by atoms with E-state index in [2.05, 4.69) is 14.8 Å². The molecule has 0 saturated carbocycles. The third kappa shape index (κ3) is 5.56. The lowest BCUT2D eigenvalue weighted by Crippen LogP contribution is -2.48. The molecule has 0 bridgehead atoms. The summed E-state index contributed by atoms with van der Waals surface area (Å²) >= 11 is 0. The molecule has 0 aliphatic heterocycles. The maximum Gasteiger partial charge on any atom is 0.452 e. The van der Waals surface area contributed by atoms with Crippen LogP contribution < -0.4 is 5.32 Å². The van der Waals surface area contributed by atoms with Gasteiger partial charge in [-0.15, -0.1) is 0 Å². The first-order valence-corrected chi connectivity index (χ1v) is 9.10. The van der Waals surface area contributed by atoms with E-state index < -0.39 is 31.2 Å². The van der Waals surface area contributed by atoms with Crippen molar-refractivity contribution >= 4 is 17.4 Å². The second-order valence-corrected chi connectivity index (χ2v) is 6.38. The molecule has 0 saturated heterocycles. The van der Waals surface area contributed by atoms with Crippen LogP contribution in [0, 0.1) is 0 Å². The fourth-order valence-electron chi connectivity index (χ4n) is 2.42. The van der Waals surface area contributed by atoms with Crippen LogP contribution in [-0.4, -0.2) is 44.0 Å². The summed E-state index contributed by atoms with van der Waals surface area (Å²) in [5.41, 5.74) is 1.39. The van der Waals surface area contributed by atoms with Gasteiger partial charge in [-0.3, -0.25) is 4.79 Å². The largest absolute Gasteiger partial charge is 0.456 e. The average molecular weight is 427 g/mol. The number of ketones is 1. The number of ether oxygens (including phenoxy) is 2. The summed E-state index contributed by atoms with van der Waals surface area (Å²) in [6, 6.07) is 11.8. The number of carbonyl (C=O) groups excluding carboxylic acids is 2. The van der Waals surface area contributed by atoms with Gasteiger partial charge in [-0.05, 0) is 42.8 Å². The monoisotopic (exact) mass is 427 g/mol. The van der Waals surface area contributed by atoms with Gasteiger partial charge in [0, 0.05) is 23.9 Å². The Labute approximate surface area is 171 Å². The molecule has 0 fully saturated rings. The highest BCUT2D eigenvalue weighted by atomic mass is 19.4. The molecule has 30 heavy (non-hydrogen) atoms. The lowest BCUT2D eigenvalue weighted by atomic mass is 10.0. The molecular formula is C21H21F4NO4. The van der Waals surface area contributed by atoms with Crippen molar-refractivity contribution in [2.24, 2.45) is 0 Å². The van der Waals surface area contributed by atoms with Gasteiger partial charge >= 0.3 is 18.0 Å². The Balaban J connectivity index is 2.06. The number of halogens is 4. The van der Waals surface area contributed by atoms with Crippen LogP contribution in [0.1, 0.15) is 39.6 Å². The Morgan fingerprint density at radius 1 is 0.900 bits per heavy atom. The highest BCUT2D eigenvalue weighted by Gasteiger charge is 2.58. The van der Waals surface area contributed by atoms with Crippen molar-refractivity contribution in [3.8, 4) is 0 Å². The smallest absolute Gasteiger partial charge is 0.452 e. The van der Waals surface area contributed by atoms with E-state index in [9.17, 15) is 27.2 Å². The topological polar surface area (TPSA) is 64.6 Å². The van der Waals surface area contributed by atoms with Crippen LogP contribution in [0.4, 0.5) is 23.2 Å². The van der Waals surface area contributed by atoms with Gasteiger partial charge in [0.2, 0.25) is 0 Å². The standard InChI is InChI=1S/C21H21F4NO4/c1-3-12-30-20(22,21(23,24)25)13-29-19(28)16-6-4-14(5-7-16)18(27)15-8-10-17(26-2)11-9-15/h4-11,26H,3,12-13H2,1-2H3. The summed E-state index contributed by atoms with van der Waals surface area (Å²) in [4.78, 5) is 24.5. The first kappa shape index (κ1) is 23.3. The molecule has 2 aromatic rings. The maximum absolute atomic E-state index is 14.1. The number of anilines is 1. The Hall–Kier alpha value is -2.94. The number of hydrogen-bond donors (Lipinski definition) is 1. The summed E-state index contributed by atoms with van der Waals surface area (Å²) in [5.74, 6) is -5.56. The Kier molecular flexibility index (Phi) is 7.55. The molecule has 9 heteroatoms. The summed E-state index contributed by atoms with van der Waals surface area (Å²) in [5, 5.41) is 2.93. The van der Waals surface area contributed by atoms with Crippen molar-refractivity contribution in [2.75, 3.05) is 25.6 Å². The summed E-state index contributed by atoms with van der Waals surface area (Å²) in [7, 11) is 1.74. The van der Waals surface area contributed by atoms with Crippen LogP contribution in [0.3, 0.4) is 0 Å². The lowest BCUT2D eigenvalue weighted by Gasteiger charge is -2.27. The third-order valence-corrected chi connectivity index (χ3v) is 4.17. The maximum atomic E-state index is 14.1. The van der Waals surface area contributed by atoms with E-state index in [4.69, 9.17) is 0 Å². The zero-order valence-corrected chi connectivity index (χ0v) is 16.4. The summed E-state index contributed by atoms with van der Waals surface area (Å²) < 4.78 is 61.5. The molecule has 5 nitrogen and oxygen atoms in total. The Bertz CT molecular complexity index is 866. The van der Waals surface area contributed by atoms with Crippen molar-refractivity contribution < 1.29 is 36.6 Å². The van der Waals surface area contributed by atoms with Crippen molar-refractivity contribution in [1.82, 2.24) is 0 Å². The number of rotatable bonds is 9. The minimum absolute atomic E-state index is 0.128. The fraction of sp³-hybridized carbons (Fsp3) is 0.333. The van der Waals surface area contributed by atoms with Gasteiger partial charge in [0.1, 0.15) is 0 Å². The molecule has 1 atom stereocenters. The minimum atomic E-state index is -5.36. The summed E-state index contributed by atoms with van der Waals surface area (Å²) in [6.45, 7) is -0.603. The van der Waals surface area contributed by atoms with Crippen LogP contribution in [0.15, 0.2) is 48.5 Å². The van der Waals surface area contributed by atoms with Crippen molar-refractivity contribution in [3.05, 3.63) is 65.2 Å². The van der Waals surface area contributed by atoms with Crippen molar-refractivity contribution in [2.45, 2.75) is 25.4 Å². The normalized spacial score (nSPS) is 13.4. The highest BCUT2D eigenvalue weighted by Crippen LogP contribution is 2.35. The number of hydrogen-bond acceptors (Lipinski definition) is 5. The van der Waals surface area contributed by atoms with Crippen molar-refractivity contribution in [1.29, 1.82) is 0 Å². The van der Waals surface area contributed by atoms with Gasteiger partial charge in [-0.1, -0.05) is 19.1 Å². The quantitative estimate of drug-likeness (QED) is 0.355. The van der Waals surface area contributed by atoms with Crippen LogP contribution in [0.5, 0.6) is 0 Å². The van der Waals surface area contributed by atoms with Gasteiger partial charge in [-0.2, -0.15) is 17.6 Å². The third-order valence-electron chi connectivity index (χ3n) is 4.17. The Morgan fingerprint density at radius 2 is 1.40 bits per heavy atom. The molecule has 0 aliphatic rings. The predicted molar refractivity (Wildman–Crippen MR) is 102 cm³/mol. The number of carbonyl (C=O) groups is 2. The fourth-order valence-corrected chi connectivity index (χ4v) is 2.42. The zero-order chi connectivity index (χ0) is 22.4. The Morgan fingerprint density at radius 3 is 1.87 bits per heavy atom. The number of alkyl halides is 4. The second kappa shape index (κ2) is 9.71. The molecule has 0 aliphatic carbocycles. The van der Waals surface area contributed by atoms with Gasteiger partial charge in [0.05, 0.1) is 12.2 Å². The van der Waals surface area contributed by atoms with Crippen LogP contribution in [0.2, 0.25) is 0 Å². The molecule has 0 spiro atoms. The molecular weight excluding hydrogens is 406 g/mol. The SMILES string of the molecule is CCCOC(F)(COC(=O)c1ccc(C(=O)c2ccc(NC)cc2)cc1)C(F)(F)F. The predicted octanol–water partition coefficient (Wildman–Crippen LogP) is 4.77. The van der Waals surface area contributed by atoms with Gasteiger partial charge in [-0.25, -0.2) is 4.79 Å². The minimum Gasteiger partial charge on any atom is -0.456 e. The van der Waals surface area contributed by atoms with E-state index in [0.717, 1.165) is 5.69 Å². The number of esters is 1. The van der Waals surface area contributed by atoms with E-state index >= 15 is 0 Å². The van der Waals surface area contributed by atoms with E-state index in [1.807, 2.05) is 0 Å². The summed E-state index contributed by atoms with van der Waals surface area (Å²) in [6.07, 6.45) is -5.20. The number of benzene rings is 2. The van der Waals surface area contributed by atoms with E-state index in [0.29, 0.717) is 5.56 Å². The molecule has 0 heterocycles. The molecule has 1 unspecified atom stereocenters.